The third kappa shape index (κ3) is 5.92. The van der Waals surface area contributed by atoms with Crippen molar-refractivity contribution in [2.75, 3.05) is 12.3 Å². The summed E-state index contributed by atoms with van der Waals surface area (Å²) < 4.78 is 0. The third-order valence-electron chi connectivity index (χ3n) is 3.46. The SMILES string of the molecule is O=C(NCCSCc1ccsc1)c1ccccc1SCc1cccs1. The van der Waals surface area contributed by atoms with Crippen LogP contribution in [0.5, 0.6) is 0 Å². The van der Waals surface area contributed by atoms with Gasteiger partial charge in [0.05, 0.1) is 5.56 Å². The van der Waals surface area contributed by atoms with Crippen LogP contribution in [0.25, 0.3) is 0 Å². The van der Waals surface area contributed by atoms with Gasteiger partial charge in [0, 0.05) is 33.6 Å². The molecule has 1 N–H and O–H groups in total. The van der Waals surface area contributed by atoms with E-state index in [1.807, 2.05) is 36.0 Å². The monoisotopic (exact) mass is 405 g/mol. The van der Waals surface area contributed by atoms with Gasteiger partial charge in [0.15, 0.2) is 0 Å². The van der Waals surface area contributed by atoms with Crippen LogP contribution in [-0.2, 0) is 11.5 Å². The van der Waals surface area contributed by atoms with Crippen LogP contribution in [-0.4, -0.2) is 18.2 Å². The Balaban J connectivity index is 1.46. The lowest BCUT2D eigenvalue weighted by Gasteiger charge is -2.09. The average molecular weight is 406 g/mol. The predicted octanol–water partition coefficient (Wildman–Crippen LogP) is 5.77. The van der Waals surface area contributed by atoms with E-state index in [4.69, 9.17) is 0 Å². The largest absolute Gasteiger partial charge is 0.351 e. The van der Waals surface area contributed by atoms with Gasteiger partial charge < -0.3 is 5.32 Å². The second-order valence-corrected chi connectivity index (χ2v) is 9.24. The van der Waals surface area contributed by atoms with Crippen molar-refractivity contribution in [1.82, 2.24) is 5.32 Å². The van der Waals surface area contributed by atoms with Crippen molar-refractivity contribution in [2.45, 2.75) is 16.4 Å². The van der Waals surface area contributed by atoms with Gasteiger partial charge in [-0.25, -0.2) is 0 Å². The van der Waals surface area contributed by atoms with E-state index in [0.717, 1.165) is 27.7 Å². The second kappa shape index (κ2) is 10.1. The van der Waals surface area contributed by atoms with E-state index in [2.05, 4.69) is 39.7 Å². The molecule has 3 aromatic rings. The van der Waals surface area contributed by atoms with Gasteiger partial charge >= 0.3 is 0 Å². The molecule has 1 amide bonds. The standard InChI is InChI=1S/C19H19NOS4/c21-19(20-8-11-23-13-15-7-10-22-12-15)17-5-1-2-6-18(17)25-14-16-4-3-9-24-16/h1-7,9-10,12H,8,11,13-14H2,(H,20,21). The van der Waals surface area contributed by atoms with E-state index in [0.29, 0.717) is 6.54 Å². The van der Waals surface area contributed by atoms with Crippen LogP contribution in [0.3, 0.4) is 0 Å². The highest BCUT2D eigenvalue weighted by Gasteiger charge is 2.11. The zero-order valence-corrected chi connectivity index (χ0v) is 16.9. The van der Waals surface area contributed by atoms with Crippen molar-refractivity contribution >= 4 is 52.1 Å². The first-order valence-electron chi connectivity index (χ1n) is 7.94. The quantitative estimate of drug-likeness (QED) is 0.362. The summed E-state index contributed by atoms with van der Waals surface area (Å²) in [6.07, 6.45) is 0. The highest BCUT2D eigenvalue weighted by molar-refractivity contribution is 7.98. The van der Waals surface area contributed by atoms with E-state index < -0.39 is 0 Å². The molecular weight excluding hydrogens is 386 g/mol. The lowest BCUT2D eigenvalue weighted by atomic mass is 10.2. The molecule has 0 aliphatic rings. The number of thiophene rings is 2. The molecule has 0 radical (unpaired) electrons. The average Bonchev–Trinajstić information content (AvgIpc) is 3.33. The Morgan fingerprint density at radius 1 is 1.04 bits per heavy atom. The van der Waals surface area contributed by atoms with E-state index in [1.165, 1.54) is 10.4 Å². The van der Waals surface area contributed by atoms with Crippen LogP contribution in [0, 0.1) is 0 Å². The number of carbonyl (C=O) groups is 1. The minimum absolute atomic E-state index is 0.0189. The zero-order chi connectivity index (χ0) is 17.3. The fraction of sp³-hybridized carbons (Fsp3) is 0.211. The Labute approximate surface area is 165 Å². The molecule has 0 aliphatic carbocycles. The molecule has 0 bridgehead atoms. The number of hydrogen-bond acceptors (Lipinski definition) is 5. The van der Waals surface area contributed by atoms with Gasteiger partial charge in [0.25, 0.3) is 5.91 Å². The molecule has 0 saturated carbocycles. The number of hydrogen-bond donors (Lipinski definition) is 1. The van der Waals surface area contributed by atoms with Crippen molar-refractivity contribution < 1.29 is 4.79 Å². The maximum Gasteiger partial charge on any atom is 0.252 e. The third-order valence-corrected chi connectivity index (χ3v) is 7.41. The molecule has 2 nitrogen and oxygen atoms in total. The summed E-state index contributed by atoms with van der Waals surface area (Å²) in [5.74, 6) is 2.85. The minimum atomic E-state index is 0.0189. The number of rotatable bonds is 9. The molecule has 25 heavy (non-hydrogen) atoms. The number of carbonyl (C=O) groups excluding carboxylic acids is 1. The molecule has 0 atom stereocenters. The zero-order valence-electron chi connectivity index (χ0n) is 13.6. The molecule has 0 saturated heterocycles. The Morgan fingerprint density at radius 3 is 2.76 bits per heavy atom. The molecule has 130 valence electrons. The minimum Gasteiger partial charge on any atom is -0.351 e. The van der Waals surface area contributed by atoms with Crippen molar-refractivity contribution in [3.63, 3.8) is 0 Å². The van der Waals surface area contributed by atoms with E-state index in [9.17, 15) is 4.79 Å². The lowest BCUT2D eigenvalue weighted by molar-refractivity contribution is 0.0953. The van der Waals surface area contributed by atoms with Crippen molar-refractivity contribution in [2.24, 2.45) is 0 Å². The smallest absolute Gasteiger partial charge is 0.252 e. The first-order chi connectivity index (χ1) is 12.3. The van der Waals surface area contributed by atoms with Crippen molar-refractivity contribution in [3.05, 3.63) is 74.6 Å². The number of thioether (sulfide) groups is 2. The van der Waals surface area contributed by atoms with Gasteiger partial charge in [-0.1, -0.05) is 18.2 Å². The van der Waals surface area contributed by atoms with Gasteiger partial charge in [-0.2, -0.15) is 23.1 Å². The van der Waals surface area contributed by atoms with Crippen LogP contribution in [0.15, 0.2) is 63.5 Å². The summed E-state index contributed by atoms with van der Waals surface area (Å²) in [4.78, 5) is 14.9. The predicted molar refractivity (Wildman–Crippen MR) is 113 cm³/mol. The van der Waals surface area contributed by atoms with Gasteiger partial charge in [0.2, 0.25) is 0 Å². The van der Waals surface area contributed by atoms with E-state index in [-0.39, 0.29) is 5.91 Å². The van der Waals surface area contributed by atoms with Gasteiger partial charge in [-0.05, 0) is 46.0 Å². The molecule has 1 aromatic carbocycles. The summed E-state index contributed by atoms with van der Waals surface area (Å²) in [7, 11) is 0. The molecule has 3 rings (SSSR count). The Kier molecular flexibility index (Phi) is 7.48. The molecule has 0 aliphatic heterocycles. The van der Waals surface area contributed by atoms with Crippen LogP contribution in [0.2, 0.25) is 0 Å². The second-order valence-electron chi connectivity index (χ2n) is 5.30. The van der Waals surface area contributed by atoms with Gasteiger partial charge in [0.1, 0.15) is 0 Å². The van der Waals surface area contributed by atoms with Crippen LogP contribution < -0.4 is 5.32 Å². The topological polar surface area (TPSA) is 29.1 Å². The molecule has 0 spiro atoms. The summed E-state index contributed by atoms with van der Waals surface area (Å²) in [5, 5.41) is 9.40. The summed E-state index contributed by atoms with van der Waals surface area (Å²) >= 11 is 7.05. The molecule has 2 heterocycles. The Morgan fingerprint density at radius 2 is 1.96 bits per heavy atom. The van der Waals surface area contributed by atoms with Crippen molar-refractivity contribution in [1.29, 1.82) is 0 Å². The van der Waals surface area contributed by atoms with E-state index in [1.54, 1.807) is 34.4 Å². The molecule has 6 heteroatoms. The van der Waals surface area contributed by atoms with Crippen LogP contribution in [0.4, 0.5) is 0 Å². The first-order valence-corrected chi connectivity index (χ1v) is 11.9. The maximum absolute atomic E-state index is 12.5. The maximum atomic E-state index is 12.5. The fourth-order valence-electron chi connectivity index (χ4n) is 2.22. The highest BCUT2D eigenvalue weighted by atomic mass is 32.2. The first kappa shape index (κ1) is 18.6. The molecular formula is C19H19NOS4. The molecule has 0 unspecified atom stereocenters. The van der Waals surface area contributed by atoms with Crippen LogP contribution in [0.1, 0.15) is 20.8 Å². The van der Waals surface area contributed by atoms with Gasteiger partial charge in [-0.15, -0.1) is 23.1 Å². The number of amides is 1. The summed E-state index contributed by atoms with van der Waals surface area (Å²) in [6, 6.07) is 14.2. The van der Waals surface area contributed by atoms with Crippen LogP contribution >= 0.6 is 46.2 Å². The summed E-state index contributed by atoms with van der Waals surface area (Å²) in [5.41, 5.74) is 2.13. The lowest BCUT2D eigenvalue weighted by Crippen LogP contribution is -2.26. The van der Waals surface area contributed by atoms with Gasteiger partial charge in [-0.3, -0.25) is 4.79 Å². The molecule has 0 fully saturated rings. The number of benzene rings is 1. The highest BCUT2D eigenvalue weighted by Crippen LogP contribution is 2.27. The number of nitrogens with one attached hydrogen (secondary N) is 1. The Bertz CT molecular complexity index is 769. The van der Waals surface area contributed by atoms with Crippen molar-refractivity contribution in [3.8, 4) is 0 Å². The summed E-state index contributed by atoms with van der Waals surface area (Å²) in [6.45, 7) is 0.692. The Hall–Kier alpha value is -1.21. The fourth-order valence-corrected chi connectivity index (χ4v) is 5.62. The molecule has 2 aromatic heterocycles. The van der Waals surface area contributed by atoms with E-state index >= 15 is 0 Å². The normalized spacial score (nSPS) is 10.7.